The maximum atomic E-state index is 11.7. The van der Waals surface area contributed by atoms with Crippen molar-refractivity contribution in [2.45, 2.75) is 6.61 Å². The molecule has 0 aliphatic heterocycles. The number of aromatic amines is 2. The molecule has 0 aliphatic carbocycles. The molecule has 1 aromatic heterocycles. The Kier molecular flexibility index (Phi) is 6.44. The van der Waals surface area contributed by atoms with Gasteiger partial charge in [0.1, 0.15) is 12.3 Å². The monoisotopic (exact) mass is 440 g/mol. The summed E-state index contributed by atoms with van der Waals surface area (Å²) >= 11 is 0. The van der Waals surface area contributed by atoms with Crippen LogP contribution in [0.2, 0.25) is 0 Å². The van der Waals surface area contributed by atoms with Crippen LogP contribution in [0.3, 0.4) is 0 Å². The van der Waals surface area contributed by atoms with E-state index in [2.05, 4.69) is 4.98 Å². The Labute approximate surface area is 179 Å². The van der Waals surface area contributed by atoms with E-state index in [1.807, 2.05) is 4.98 Å². The Balaban J connectivity index is 1.85. The van der Waals surface area contributed by atoms with E-state index in [0.29, 0.717) is 22.6 Å². The lowest BCUT2D eigenvalue weighted by molar-refractivity contribution is -0.386. The first-order chi connectivity index (χ1) is 15.3. The van der Waals surface area contributed by atoms with Gasteiger partial charge in [0.15, 0.2) is 11.5 Å². The number of H-pyrrole nitrogens is 2. The Morgan fingerprint density at radius 2 is 1.66 bits per heavy atom. The van der Waals surface area contributed by atoms with Crippen LogP contribution in [0, 0.1) is 20.2 Å². The van der Waals surface area contributed by atoms with Crippen molar-refractivity contribution < 1.29 is 19.3 Å². The van der Waals surface area contributed by atoms with Gasteiger partial charge in [-0.15, -0.1) is 0 Å². The summed E-state index contributed by atoms with van der Waals surface area (Å²) < 4.78 is 11.0. The van der Waals surface area contributed by atoms with Gasteiger partial charge in [0.25, 0.3) is 5.69 Å². The van der Waals surface area contributed by atoms with Gasteiger partial charge < -0.3 is 14.5 Å². The lowest BCUT2D eigenvalue weighted by atomic mass is 10.1. The second-order valence-electron chi connectivity index (χ2n) is 6.38. The number of aromatic nitrogens is 2. The third-order valence-corrected chi connectivity index (χ3v) is 4.30. The number of methoxy groups -OCH3 is 1. The minimum absolute atomic E-state index is 0.0367. The van der Waals surface area contributed by atoms with E-state index in [-0.39, 0.29) is 18.0 Å². The minimum Gasteiger partial charge on any atom is -0.493 e. The van der Waals surface area contributed by atoms with Crippen LogP contribution in [0.4, 0.5) is 11.4 Å². The van der Waals surface area contributed by atoms with Crippen molar-refractivity contribution in [3.63, 3.8) is 0 Å². The largest absolute Gasteiger partial charge is 0.493 e. The molecule has 1 heterocycles. The van der Waals surface area contributed by atoms with Crippen molar-refractivity contribution in [2.75, 3.05) is 7.11 Å². The molecule has 0 amide bonds. The summed E-state index contributed by atoms with van der Waals surface area (Å²) in [5, 5.41) is 21.9. The van der Waals surface area contributed by atoms with Gasteiger partial charge in [-0.05, 0) is 41.5 Å². The third-order valence-electron chi connectivity index (χ3n) is 4.30. The predicted molar refractivity (Wildman–Crippen MR) is 114 cm³/mol. The van der Waals surface area contributed by atoms with Crippen LogP contribution in [-0.4, -0.2) is 26.9 Å². The molecule has 3 aromatic rings. The van der Waals surface area contributed by atoms with E-state index in [4.69, 9.17) is 9.47 Å². The summed E-state index contributed by atoms with van der Waals surface area (Å²) in [6.45, 7) is 0.106. The van der Waals surface area contributed by atoms with E-state index in [0.717, 1.165) is 0 Å². The Bertz CT molecular complexity index is 1310. The highest BCUT2D eigenvalue weighted by Gasteiger charge is 2.18. The maximum Gasteiger partial charge on any atom is 0.357 e. The number of nitro benzene ring substituents is 1. The molecule has 0 unspecified atom stereocenters. The highest BCUT2D eigenvalue weighted by atomic mass is 16.6. The summed E-state index contributed by atoms with van der Waals surface area (Å²) in [5.41, 5.74) is -1.83. The first kappa shape index (κ1) is 22.0. The minimum atomic E-state index is -1.11. The second kappa shape index (κ2) is 9.38. The van der Waals surface area contributed by atoms with Crippen LogP contribution in [0.25, 0.3) is 12.2 Å². The first-order valence-corrected chi connectivity index (χ1v) is 9.01. The lowest BCUT2D eigenvalue weighted by Gasteiger charge is -2.11. The topological polar surface area (TPSA) is 170 Å². The fraction of sp³-hybridized carbons (Fsp3) is 0.100. The molecule has 0 saturated heterocycles. The molecule has 2 aromatic carbocycles. The van der Waals surface area contributed by atoms with E-state index in [1.54, 1.807) is 30.3 Å². The Morgan fingerprint density at radius 1 is 0.938 bits per heavy atom. The van der Waals surface area contributed by atoms with Crippen LogP contribution in [-0.2, 0) is 6.61 Å². The molecule has 0 saturated carbocycles. The van der Waals surface area contributed by atoms with E-state index in [1.165, 1.54) is 31.4 Å². The quantitative estimate of drug-likeness (QED) is 0.397. The number of nitro groups is 2. The van der Waals surface area contributed by atoms with Crippen LogP contribution in [0.5, 0.6) is 11.5 Å². The van der Waals surface area contributed by atoms with E-state index < -0.39 is 26.8 Å². The highest BCUT2D eigenvalue weighted by molar-refractivity contribution is 5.72. The SMILES string of the molecule is COc1ccc(C=Cc2[nH]c(=O)[nH]c(=O)c2[N+](=O)[O-])cc1OCc1ccc([N+](=O)[O-])cc1. The molecule has 0 fully saturated rings. The molecular formula is C20H16N4O8. The van der Waals surface area contributed by atoms with Gasteiger partial charge in [-0.25, -0.2) is 4.79 Å². The molecule has 32 heavy (non-hydrogen) atoms. The second-order valence-corrected chi connectivity index (χ2v) is 6.38. The highest BCUT2D eigenvalue weighted by Crippen LogP contribution is 2.30. The van der Waals surface area contributed by atoms with Crippen LogP contribution < -0.4 is 20.7 Å². The molecule has 2 N–H and O–H groups in total. The lowest BCUT2D eigenvalue weighted by Crippen LogP contribution is -2.25. The summed E-state index contributed by atoms with van der Waals surface area (Å²) in [6.07, 6.45) is 2.69. The van der Waals surface area contributed by atoms with Gasteiger partial charge in [-0.1, -0.05) is 12.1 Å². The zero-order valence-corrected chi connectivity index (χ0v) is 16.6. The van der Waals surface area contributed by atoms with Gasteiger partial charge in [0.05, 0.1) is 17.0 Å². The summed E-state index contributed by atoms with van der Waals surface area (Å²) in [4.78, 5) is 47.7. The van der Waals surface area contributed by atoms with Crippen molar-refractivity contribution >= 4 is 23.5 Å². The number of nitrogens with zero attached hydrogens (tertiary/aromatic N) is 2. The molecule has 0 spiro atoms. The molecule has 0 atom stereocenters. The van der Waals surface area contributed by atoms with Crippen molar-refractivity contribution in [2.24, 2.45) is 0 Å². The van der Waals surface area contributed by atoms with Gasteiger partial charge >= 0.3 is 16.9 Å². The summed E-state index contributed by atoms with van der Waals surface area (Å²) in [5.74, 6) is 0.765. The number of nitrogens with one attached hydrogen (secondary N) is 2. The molecule has 0 radical (unpaired) electrons. The Morgan fingerprint density at radius 3 is 2.28 bits per heavy atom. The normalized spacial score (nSPS) is 10.8. The molecule has 12 nitrogen and oxygen atoms in total. The number of hydrogen-bond donors (Lipinski definition) is 2. The first-order valence-electron chi connectivity index (χ1n) is 9.01. The van der Waals surface area contributed by atoms with Gasteiger partial charge in [0, 0.05) is 12.1 Å². The third kappa shape index (κ3) is 5.05. The van der Waals surface area contributed by atoms with Crippen LogP contribution >= 0.6 is 0 Å². The summed E-state index contributed by atoms with van der Waals surface area (Å²) in [6, 6.07) is 10.7. The maximum absolute atomic E-state index is 11.7. The van der Waals surface area contributed by atoms with Crippen LogP contribution in [0.15, 0.2) is 52.1 Å². The molecule has 3 rings (SSSR count). The van der Waals surface area contributed by atoms with Crippen LogP contribution in [0.1, 0.15) is 16.8 Å². The fourth-order valence-corrected chi connectivity index (χ4v) is 2.76. The number of hydrogen-bond acceptors (Lipinski definition) is 8. The van der Waals surface area contributed by atoms with Gasteiger partial charge in [0.2, 0.25) is 0 Å². The van der Waals surface area contributed by atoms with Crippen molar-refractivity contribution in [3.05, 3.63) is 100 Å². The van der Waals surface area contributed by atoms with Gasteiger partial charge in [-0.2, -0.15) is 0 Å². The predicted octanol–water partition coefficient (Wildman–Crippen LogP) is 2.64. The fourth-order valence-electron chi connectivity index (χ4n) is 2.76. The van der Waals surface area contributed by atoms with Crippen molar-refractivity contribution in [3.8, 4) is 11.5 Å². The number of non-ortho nitro benzene ring substituents is 1. The van der Waals surface area contributed by atoms with E-state index >= 15 is 0 Å². The molecular weight excluding hydrogens is 424 g/mol. The standard InChI is InChI=1S/C20H16N4O8/c1-31-16-9-5-12(4-8-15-18(24(29)30)19(25)22-20(26)21-15)10-17(16)32-11-13-2-6-14(7-3-13)23(27)28/h2-10H,11H2,1H3,(H2,21,22,25,26). The zero-order valence-electron chi connectivity index (χ0n) is 16.6. The summed E-state index contributed by atoms with van der Waals surface area (Å²) in [7, 11) is 1.45. The zero-order chi connectivity index (χ0) is 23.3. The number of benzene rings is 2. The molecule has 12 heteroatoms. The molecule has 0 aliphatic rings. The molecule has 0 bridgehead atoms. The Hall–Kier alpha value is -4.74. The average molecular weight is 440 g/mol. The molecule has 164 valence electrons. The number of rotatable bonds is 8. The smallest absolute Gasteiger partial charge is 0.357 e. The van der Waals surface area contributed by atoms with E-state index in [9.17, 15) is 29.8 Å². The van der Waals surface area contributed by atoms with Gasteiger partial charge in [-0.3, -0.25) is 30.0 Å². The average Bonchev–Trinajstić information content (AvgIpc) is 2.75. The van der Waals surface area contributed by atoms with Crippen molar-refractivity contribution in [1.82, 2.24) is 9.97 Å². The van der Waals surface area contributed by atoms with Crippen molar-refractivity contribution in [1.29, 1.82) is 0 Å². The number of ether oxygens (including phenoxy) is 2.